The van der Waals surface area contributed by atoms with Crippen molar-refractivity contribution >= 4 is 6.09 Å². The van der Waals surface area contributed by atoms with Gasteiger partial charge < -0.3 is 18.9 Å². The molecule has 4 heterocycles. The lowest BCUT2D eigenvalue weighted by atomic mass is 9.96. The summed E-state index contributed by atoms with van der Waals surface area (Å²) in [5, 5.41) is 4.04. The van der Waals surface area contributed by atoms with Crippen molar-refractivity contribution in [3.63, 3.8) is 0 Å². The Balaban J connectivity index is 1.50. The van der Waals surface area contributed by atoms with Gasteiger partial charge in [0.05, 0.1) is 25.5 Å². The third kappa shape index (κ3) is 3.64. The molecule has 2 saturated heterocycles. The average molecular weight is 376 g/mol. The molecular weight excluding hydrogens is 355 g/mol. The van der Waals surface area contributed by atoms with Gasteiger partial charge in [0.25, 0.3) is 5.89 Å². The molecule has 2 aromatic rings. The summed E-state index contributed by atoms with van der Waals surface area (Å²) in [4.78, 5) is 21.8. The van der Waals surface area contributed by atoms with E-state index in [1.165, 1.54) is 13.3 Å². The van der Waals surface area contributed by atoms with Crippen LogP contribution in [-0.4, -0.2) is 59.5 Å². The summed E-state index contributed by atoms with van der Waals surface area (Å²) < 4.78 is 29.7. The van der Waals surface area contributed by atoms with E-state index in [2.05, 4.69) is 15.1 Å². The van der Waals surface area contributed by atoms with Gasteiger partial charge in [-0.3, -0.25) is 4.98 Å². The van der Waals surface area contributed by atoms with Gasteiger partial charge >= 0.3 is 6.09 Å². The number of aromatic nitrogens is 3. The number of amides is 1. The second kappa shape index (κ2) is 7.59. The Morgan fingerprint density at radius 2 is 2.11 bits per heavy atom. The average Bonchev–Trinajstić information content (AvgIpc) is 3.40. The molecule has 0 N–H and O–H groups in total. The predicted octanol–water partition coefficient (Wildman–Crippen LogP) is 2.72. The summed E-state index contributed by atoms with van der Waals surface area (Å²) in [5.74, 6) is 0.427. The molecule has 144 valence electrons. The van der Waals surface area contributed by atoms with Gasteiger partial charge in [0, 0.05) is 37.2 Å². The first-order chi connectivity index (χ1) is 13.2. The minimum Gasteiger partial charge on any atom is -0.453 e. The summed E-state index contributed by atoms with van der Waals surface area (Å²) in [6.07, 6.45) is 3.15. The lowest BCUT2D eigenvalue weighted by molar-refractivity contribution is 0.111. The first kappa shape index (κ1) is 17.8. The Hall–Kier alpha value is -2.55. The quantitative estimate of drug-likeness (QED) is 0.813. The van der Waals surface area contributed by atoms with E-state index in [1.54, 1.807) is 11.0 Å². The van der Waals surface area contributed by atoms with E-state index in [0.29, 0.717) is 45.0 Å². The van der Waals surface area contributed by atoms with Crippen molar-refractivity contribution in [2.75, 3.05) is 33.4 Å². The first-order valence-corrected chi connectivity index (χ1v) is 9.05. The van der Waals surface area contributed by atoms with Crippen LogP contribution in [0.3, 0.4) is 0 Å². The molecule has 2 aliphatic heterocycles. The zero-order valence-corrected chi connectivity index (χ0v) is 15.1. The van der Waals surface area contributed by atoms with Crippen molar-refractivity contribution < 1.29 is 23.2 Å². The Bertz CT molecular complexity index is 813. The van der Waals surface area contributed by atoms with Crippen molar-refractivity contribution in [3.8, 4) is 11.5 Å². The number of rotatable bonds is 3. The second-order valence-corrected chi connectivity index (χ2v) is 6.84. The summed E-state index contributed by atoms with van der Waals surface area (Å²) in [6.45, 7) is 2.41. The topological polar surface area (TPSA) is 90.6 Å². The monoisotopic (exact) mass is 376 g/mol. The molecule has 0 spiro atoms. The molecule has 1 atom stereocenters. The van der Waals surface area contributed by atoms with Crippen LogP contribution in [-0.2, 0) is 9.47 Å². The van der Waals surface area contributed by atoms with Crippen molar-refractivity contribution in [1.29, 1.82) is 0 Å². The Labute approximate surface area is 155 Å². The van der Waals surface area contributed by atoms with Crippen molar-refractivity contribution in [2.24, 2.45) is 0 Å². The largest absolute Gasteiger partial charge is 0.453 e. The first-order valence-electron chi connectivity index (χ1n) is 9.05. The molecule has 2 aromatic heterocycles. The van der Waals surface area contributed by atoms with Gasteiger partial charge in [0.1, 0.15) is 0 Å². The number of halogens is 1. The van der Waals surface area contributed by atoms with Crippen molar-refractivity contribution in [3.05, 3.63) is 29.6 Å². The highest BCUT2D eigenvalue weighted by Gasteiger charge is 2.28. The van der Waals surface area contributed by atoms with Crippen LogP contribution in [0.5, 0.6) is 0 Å². The molecule has 1 amide bonds. The van der Waals surface area contributed by atoms with Crippen LogP contribution in [0, 0.1) is 5.82 Å². The molecule has 0 aliphatic carbocycles. The van der Waals surface area contributed by atoms with Crippen LogP contribution in [0.15, 0.2) is 16.8 Å². The maximum atomic E-state index is 14.3. The predicted molar refractivity (Wildman–Crippen MR) is 91.6 cm³/mol. The highest BCUT2D eigenvalue weighted by Crippen LogP contribution is 2.31. The molecule has 0 aromatic carbocycles. The van der Waals surface area contributed by atoms with E-state index in [9.17, 15) is 9.18 Å². The highest BCUT2D eigenvalue weighted by molar-refractivity contribution is 5.67. The van der Waals surface area contributed by atoms with Gasteiger partial charge in [0.2, 0.25) is 0 Å². The summed E-state index contributed by atoms with van der Waals surface area (Å²) >= 11 is 0. The normalized spacial score (nSPS) is 20.8. The number of carbonyl (C=O) groups is 1. The standard InChI is InChI=1S/C18H21FN4O4/c1-25-18(24)23-5-2-11(3-6-23)16-21-17(27-22-16)13-8-15(20-9-14(13)19)12-4-7-26-10-12/h8-9,11-12H,2-7,10H2,1H3. The molecule has 9 heteroatoms. The number of ether oxygens (including phenoxy) is 2. The number of piperidine rings is 1. The maximum Gasteiger partial charge on any atom is 0.409 e. The van der Waals surface area contributed by atoms with Gasteiger partial charge in [-0.05, 0) is 25.3 Å². The number of likely N-dealkylation sites (tertiary alicyclic amines) is 1. The molecule has 0 bridgehead atoms. The highest BCUT2D eigenvalue weighted by atomic mass is 19.1. The molecule has 1 unspecified atom stereocenters. The number of pyridine rings is 1. The Morgan fingerprint density at radius 1 is 1.30 bits per heavy atom. The van der Waals surface area contributed by atoms with Gasteiger partial charge in [-0.2, -0.15) is 4.98 Å². The number of nitrogens with zero attached hydrogens (tertiary/aromatic N) is 4. The molecule has 4 rings (SSSR count). The lowest BCUT2D eigenvalue weighted by Crippen LogP contribution is -2.37. The Kier molecular flexibility index (Phi) is 5.02. The molecular formula is C18H21FN4O4. The summed E-state index contributed by atoms with van der Waals surface area (Å²) in [5.41, 5.74) is 1.03. The molecule has 2 fully saturated rings. The van der Waals surface area contributed by atoms with E-state index in [1.807, 2.05) is 0 Å². The number of carbonyl (C=O) groups excluding carboxylic acids is 1. The summed E-state index contributed by atoms with van der Waals surface area (Å²) in [6, 6.07) is 1.67. The van der Waals surface area contributed by atoms with Crippen molar-refractivity contribution in [1.82, 2.24) is 20.0 Å². The molecule has 0 saturated carbocycles. The molecule has 2 aliphatic rings. The fourth-order valence-electron chi connectivity index (χ4n) is 3.57. The van der Waals surface area contributed by atoms with Gasteiger partial charge in [-0.25, -0.2) is 9.18 Å². The lowest BCUT2D eigenvalue weighted by Gasteiger charge is -2.29. The van der Waals surface area contributed by atoms with Crippen LogP contribution in [0.2, 0.25) is 0 Å². The fourth-order valence-corrected chi connectivity index (χ4v) is 3.57. The second-order valence-electron chi connectivity index (χ2n) is 6.84. The number of hydrogen-bond donors (Lipinski definition) is 0. The van der Waals surface area contributed by atoms with E-state index < -0.39 is 5.82 Å². The maximum absolute atomic E-state index is 14.3. The van der Waals surface area contributed by atoms with Crippen LogP contribution >= 0.6 is 0 Å². The molecule has 0 radical (unpaired) electrons. The van der Waals surface area contributed by atoms with E-state index >= 15 is 0 Å². The number of methoxy groups -OCH3 is 1. The zero-order valence-electron chi connectivity index (χ0n) is 15.1. The van der Waals surface area contributed by atoms with Crippen molar-refractivity contribution in [2.45, 2.75) is 31.1 Å². The minimum atomic E-state index is -0.492. The smallest absolute Gasteiger partial charge is 0.409 e. The molecule has 8 nitrogen and oxygen atoms in total. The third-order valence-electron chi connectivity index (χ3n) is 5.19. The minimum absolute atomic E-state index is 0.0657. The zero-order chi connectivity index (χ0) is 18.8. The van der Waals surface area contributed by atoms with E-state index in [4.69, 9.17) is 14.0 Å². The SMILES string of the molecule is COC(=O)N1CCC(c2noc(-c3cc(C4CCOC4)ncc3F)n2)CC1. The van der Waals surface area contributed by atoms with Gasteiger partial charge in [-0.15, -0.1) is 0 Å². The van der Waals surface area contributed by atoms with Crippen LogP contribution in [0.1, 0.15) is 42.6 Å². The van der Waals surface area contributed by atoms with Crippen LogP contribution in [0.25, 0.3) is 11.5 Å². The van der Waals surface area contributed by atoms with Crippen LogP contribution in [0.4, 0.5) is 9.18 Å². The van der Waals surface area contributed by atoms with Crippen LogP contribution < -0.4 is 0 Å². The van der Waals surface area contributed by atoms with Gasteiger partial charge in [-0.1, -0.05) is 5.16 Å². The van der Waals surface area contributed by atoms with E-state index in [-0.39, 0.29) is 29.4 Å². The third-order valence-corrected chi connectivity index (χ3v) is 5.19. The summed E-state index contributed by atoms with van der Waals surface area (Å²) in [7, 11) is 1.37. The van der Waals surface area contributed by atoms with Gasteiger partial charge in [0.15, 0.2) is 11.6 Å². The molecule has 27 heavy (non-hydrogen) atoms. The van der Waals surface area contributed by atoms with E-state index in [0.717, 1.165) is 12.1 Å². The number of hydrogen-bond acceptors (Lipinski definition) is 7. The fraction of sp³-hybridized carbons (Fsp3) is 0.556. The Morgan fingerprint density at radius 3 is 2.81 bits per heavy atom.